The molecule has 2 aromatic heterocycles. The quantitative estimate of drug-likeness (QED) is 0.725. The molecule has 1 amide bonds. The maximum Gasteiger partial charge on any atom is 0.427 e. The van der Waals surface area contributed by atoms with Crippen LogP contribution in [0.2, 0.25) is 0 Å². The smallest absolute Gasteiger partial charge is 0.427 e. The molecule has 2 N–H and O–H groups in total. The van der Waals surface area contributed by atoms with E-state index >= 15 is 0 Å². The van der Waals surface area contributed by atoms with E-state index in [-0.39, 0.29) is 13.2 Å². The van der Waals surface area contributed by atoms with E-state index < -0.39 is 30.0 Å². The second-order valence-corrected chi connectivity index (χ2v) is 8.24. The van der Waals surface area contributed by atoms with Gasteiger partial charge in [-0.3, -0.25) is 10.00 Å². The van der Waals surface area contributed by atoms with Crippen LogP contribution in [0.15, 0.2) is 18.3 Å². The van der Waals surface area contributed by atoms with Gasteiger partial charge in [-0.15, -0.1) is 0 Å². The van der Waals surface area contributed by atoms with E-state index in [1.807, 2.05) is 11.8 Å². The number of aryl methyl sites for hydroxylation is 1. The highest BCUT2D eigenvalue weighted by Crippen LogP contribution is 2.34. The molecule has 4 heterocycles. The van der Waals surface area contributed by atoms with Gasteiger partial charge in [0, 0.05) is 37.5 Å². The molecule has 174 valence electrons. The fraction of sp³-hybridized carbons (Fsp3) is 0.579. The Hall–Kier alpha value is -3.09. The molecule has 0 bridgehead atoms. The van der Waals surface area contributed by atoms with Gasteiger partial charge in [0.1, 0.15) is 11.6 Å². The highest BCUT2D eigenvalue weighted by atomic mass is 19.4. The molecule has 2 aliphatic rings. The van der Waals surface area contributed by atoms with Crippen LogP contribution in [-0.4, -0.2) is 81.3 Å². The fourth-order valence-corrected chi connectivity index (χ4v) is 3.63. The number of aromatic nitrogens is 4. The van der Waals surface area contributed by atoms with Crippen molar-refractivity contribution in [1.82, 2.24) is 25.1 Å². The zero-order chi connectivity index (χ0) is 23.1. The van der Waals surface area contributed by atoms with E-state index in [1.165, 1.54) is 4.90 Å². The van der Waals surface area contributed by atoms with E-state index in [1.54, 1.807) is 18.3 Å². The van der Waals surface area contributed by atoms with Crippen molar-refractivity contribution >= 4 is 23.7 Å². The minimum absolute atomic E-state index is 0.142. The predicted octanol–water partition coefficient (Wildman–Crippen LogP) is 2.62. The number of halogens is 3. The van der Waals surface area contributed by atoms with Crippen LogP contribution in [0.3, 0.4) is 0 Å². The number of fused-ring (bicyclic) bond motifs is 1. The Labute approximate surface area is 182 Å². The van der Waals surface area contributed by atoms with Crippen LogP contribution in [0, 0.1) is 6.92 Å². The lowest BCUT2D eigenvalue weighted by atomic mass is 10.1. The van der Waals surface area contributed by atoms with Gasteiger partial charge in [0.25, 0.3) is 0 Å². The first-order valence-electron chi connectivity index (χ1n) is 10.1. The van der Waals surface area contributed by atoms with Crippen LogP contribution >= 0.6 is 0 Å². The molecular formula is C19H24F3N7O3. The summed E-state index contributed by atoms with van der Waals surface area (Å²) in [6.07, 6.45) is -4.48. The number of alkyl halides is 3. The zero-order valence-corrected chi connectivity index (χ0v) is 17.8. The van der Waals surface area contributed by atoms with Gasteiger partial charge in [-0.1, -0.05) is 0 Å². The van der Waals surface area contributed by atoms with Crippen molar-refractivity contribution in [2.24, 2.45) is 0 Å². The first-order chi connectivity index (χ1) is 15.0. The Kier molecular flexibility index (Phi) is 5.61. The van der Waals surface area contributed by atoms with Crippen LogP contribution in [-0.2, 0) is 9.47 Å². The Morgan fingerprint density at radius 3 is 2.78 bits per heavy atom. The van der Waals surface area contributed by atoms with Gasteiger partial charge in [-0.2, -0.15) is 23.3 Å². The summed E-state index contributed by atoms with van der Waals surface area (Å²) in [5.74, 6) is 1.64. The highest BCUT2D eigenvalue weighted by Gasteiger charge is 2.53. The molecule has 2 saturated heterocycles. The van der Waals surface area contributed by atoms with Gasteiger partial charge < -0.3 is 19.7 Å². The Balaban J connectivity index is 1.50. The normalized spacial score (nSPS) is 21.4. The van der Waals surface area contributed by atoms with Crippen molar-refractivity contribution in [1.29, 1.82) is 0 Å². The lowest BCUT2D eigenvalue weighted by Crippen LogP contribution is -2.56. The Morgan fingerprint density at radius 2 is 2.09 bits per heavy atom. The molecule has 0 spiro atoms. The maximum atomic E-state index is 13.2. The second-order valence-electron chi connectivity index (χ2n) is 8.24. The number of hydrogen-bond acceptors (Lipinski definition) is 8. The van der Waals surface area contributed by atoms with Crippen molar-refractivity contribution in [2.45, 2.75) is 44.7 Å². The molecule has 13 heteroatoms. The van der Waals surface area contributed by atoms with Crippen molar-refractivity contribution in [3.8, 4) is 0 Å². The monoisotopic (exact) mass is 455 g/mol. The highest BCUT2D eigenvalue weighted by molar-refractivity contribution is 5.69. The molecule has 4 rings (SSSR count). The lowest BCUT2D eigenvalue weighted by Gasteiger charge is -2.38. The van der Waals surface area contributed by atoms with Gasteiger partial charge in [0.05, 0.1) is 24.9 Å². The molecule has 0 saturated carbocycles. The number of nitrogens with one attached hydrogen (secondary N) is 2. The van der Waals surface area contributed by atoms with Crippen LogP contribution in [0.5, 0.6) is 0 Å². The van der Waals surface area contributed by atoms with E-state index in [4.69, 9.17) is 9.47 Å². The summed E-state index contributed by atoms with van der Waals surface area (Å²) in [4.78, 5) is 24.8. The molecule has 0 radical (unpaired) electrons. The number of H-pyrrole nitrogens is 1. The van der Waals surface area contributed by atoms with E-state index in [0.29, 0.717) is 30.7 Å². The van der Waals surface area contributed by atoms with E-state index in [9.17, 15) is 18.0 Å². The number of aromatic amines is 1. The molecule has 0 aliphatic carbocycles. The summed E-state index contributed by atoms with van der Waals surface area (Å²) < 4.78 is 50.1. The first kappa shape index (κ1) is 22.1. The number of rotatable bonds is 4. The lowest BCUT2D eigenvalue weighted by molar-refractivity contribution is -0.247. The van der Waals surface area contributed by atoms with Crippen LogP contribution in [0.1, 0.15) is 19.5 Å². The molecule has 32 heavy (non-hydrogen) atoms. The Bertz CT molecular complexity index is 968. The van der Waals surface area contributed by atoms with Crippen molar-refractivity contribution in [3.05, 3.63) is 24.0 Å². The fourth-order valence-electron chi connectivity index (χ4n) is 3.63. The molecule has 10 nitrogen and oxygen atoms in total. The molecule has 2 atom stereocenters. The summed E-state index contributed by atoms with van der Waals surface area (Å²) in [5, 5.41) is 9.77. The topological polar surface area (TPSA) is 108 Å². The van der Waals surface area contributed by atoms with Crippen molar-refractivity contribution in [3.63, 3.8) is 0 Å². The summed E-state index contributed by atoms with van der Waals surface area (Å²) in [6.45, 7) is 4.53. The summed E-state index contributed by atoms with van der Waals surface area (Å²) in [5.41, 5.74) is -1.88. The minimum atomic E-state index is -4.68. The number of amides is 1. The number of carbonyl (C=O) groups is 1. The van der Waals surface area contributed by atoms with Crippen LogP contribution in [0.4, 0.5) is 35.5 Å². The minimum Gasteiger partial charge on any atom is -0.434 e. The third-order valence-electron chi connectivity index (χ3n) is 5.45. The van der Waals surface area contributed by atoms with Gasteiger partial charge in [-0.25, -0.2) is 9.78 Å². The number of carbonyl (C=O) groups excluding carboxylic acids is 1. The summed E-state index contributed by atoms with van der Waals surface area (Å²) >= 11 is 0. The van der Waals surface area contributed by atoms with Gasteiger partial charge in [-0.05, 0) is 20.8 Å². The molecule has 0 aromatic carbocycles. The van der Waals surface area contributed by atoms with E-state index in [2.05, 4.69) is 25.5 Å². The number of morpholine rings is 1. The standard InChI is InChI=1S/C19H24F3N7O3/c1-11-8-15(25-14-4-5-23-27-14)26-16(24-11)28-9-12-13(10-28)31-7-6-29(12)17(30)32-18(2,3)19(20,21)22/h4-5,8,12-13H,6-7,9-10H2,1-3H3,(H2,23,24,25,26,27)/t12-,13-/m1/s1. The number of hydrogen-bond donors (Lipinski definition) is 2. The largest absolute Gasteiger partial charge is 0.434 e. The average Bonchev–Trinajstić information content (AvgIpc) is 3.35. The maximum absolute atomic E-state index is 13.2. The zero-order valence-electron chi connectivity index (χ0n) is 17.8. The molecule has 2 fully saturated rings. The number of ether oxygens (including phenoxy) is 2. The second kappa shape index (κ2) is 8.11. The summed E-state index contributed by atoms with van der Waals surface area (Å²) in [7, 11) is 0. The Morgan fingerprint density at radius 1 is 1.31 bits per heavy atom. The van der Waals surface area contributed by atoms with Crippen molar-refractivity contribution in [2.75, 3.05) is 36.5 Å². The first-order valence-corrected chi connectivity index (χ1v) is 10.1. The molecule has 2 aromatic rings. The molecule has 0 unspecified atom stereocenters. The van der Waals surface area contributed by atoms with E-state index in [0.717, 1.165) is 19.5 Å². The van der Waals surface area contributed by atoms with Gasteiger partial charge in [0.15, 0.2) is 0 Å². The SMILES string of the molecule is Cc1cc(Nc2ccn[nH]2)nc(N2C[C@@H]3[C@@H](C2)OCCN3C(=O)OC(C)(C)C(F)(F)F)n1. The summed E-state index contributed by atoms with van der Waals surface area (Å²) in [6, 6.07) is 3.04. The van der Waals surface area contributed by atoms with Crippen molar-refractivity contribution < 1.29 is 27.4 Å². The van der Waals surface area contributed by atoms with Crippen LogP contribution in [0.25, 0.3) is 0 Å². The third kappa shape index (κ3) is 4.42. The predicted molar refractivity (Wildman–Crippen MR) is 108 cm³/mol. The number of nitrogens with zero attached hydrogens (tertiary/aromatic N) is 5. The third-order valence-corrected chi connectivity index (χ3v) is 5.45. The van der Waals surface area contributed by atoms with Crippen LogP contribution < -0.4 is 10.2 Å². The average molecular weight is 455 g/mol. The van der Waals surface area contributed by atoms with Gasteiger partial charge >= 0.3 is 12.3 Å². The van der Waals surface area contributed by atoms with Gasteiger partial charge in [0.2, 0.25) is 11.5 Å². The molecular weight excluding hydrogens is 431 g/mol. The number of anilines is 3. The molecule has 2 aliphatic heterocycles.